The number of alkyl halides is 3. The van der Waals surface area contributed by atoms with E-state index in [2.05, 4.69) is 4.90 Å². The summed E-state index contributed by atoms with van der Waals surface area (Å²) in [6.45, 7) is 1.96. The number of nitrogens with zero attached hydrogens (tertiary/aromatic N) is 2. The fourth-order valence-corrected chi connectivity index (χ4v) is 8.07. The predicted octanol–water partition coefficient (Wildman–Crippen LogP) is 1.79. The summed E-state index contributed by atoms with van der Waals surface area (Å²) in [5.41, 5.74) is 6.03. The summed E-state index contributed by atoms with van der Waals surface area (Å²) in [6, 6.07) is 0.266. The number of fused-ring (bicyclic) bond motifs is 3. The van der Waals surface area contributed by atoms with E-state index in [9.17, 15) is 21.6 Å². The Labute approximate surface area is 153 Å². The van der Waals surface area contributed by atoms with Gasteiger partial charge in [0.15, 0.2) is 0 Å². The maximum atomic E-state index is 12.9. The monoisotopic (exact) mass is 395 g/mol. The first-order valence-electron chi connectivity index (χ1n) is 9.70. The lowest BCUT2D eigenvalue weighted by molar-refractivity contribution is -0.136. The third-order valence-corrected chi connectivity index (χ3v) is 8.85. The van der Waals surface area contributed by atoms with Gasteiger partial charge in [0.05, 0.1) is 5.75 Å². The van der Waals surface area contributed by atoms with Gasteiger partial charge in [-0.25, -0.2) is 8.42 Å². The van der Waals surface area contributed by atoms with E-state index in [-0.39, 0.29) is 36.2 Å². The van der Waals surface area contributed by atoms with E-state index in [4.69, 9.17) is 5.73 Å². The van der Waals surface area contributed by atoms with Crippen molar-refractivity contribution < 1.29 is 21.6 Å². The summed E-state index contributed by atoms with van der Waals surface area (Å²) >= 11 is 0. The Morgan fingerprint density at radius 2 is 1.62 bits per heavy atom. The smallest absolute Gasteiger partial charge is 0.328 e. The molecule has 2 bridgehead atoms. The molecule has 3 saturated heterocycles. The van der Waals surface area contributed by atoms with Crippen molar-refractivity contribution in [2.24, 2.45) is 23.5 Å². The lowest BCUT2D eigenvalue weighted by Gasteiger charge is -2.36. The summed E-state index contributed by atoms with van der Waals surface area (Å²) in [6.07, 6.45) is -1.33. The molecule has 3 aliphatic heterocycles. The van der Waals surface area contributed by atoms with Gasteiger partial charge in [-0.15, -0.1) is 0 Å². The van der Waals surface area contributed by atoms with E-state index in [0.717, 1.165) is 38.8 Å². The molecule has 150 valence electrons. The first-order valence-corrected chi connectivity index (χ1v) is 11.3. The number of hydrogen-bond donors (Lipinski definition) is 1. The van der Waals surface area contributed by atoms with Crippen LogP contribution < -0.4 is 5.73 Å². The number of piperidine rings is 2. The molecule has 3 heterocycles. The van der Waals surface area contributed by atoms with Gasteiger partial charge in [-0.2, -0.15) is 17.5 Å². The van der Waals surface area contributed by atoms with Crippen molar-refractivity contribution in [3.8, 4) is 0 Å². The van der Waals surface area contributed by atoms with Crippen molar-refractivity contribution in [1.82, 2.24) is 9.21 Å². The van der Waals surface area contributed by atoms with Crippen LogP contribution in [0.2, 0.25) is 0 Å². The van der Waals surface area contributed by atoms with Gasteiger partial charge in [-0.3, -0.25) is 0 Å². The predicted molar refractivity (Wildman–Crippen MR) is 91.8 cm³/mol. The Morgan fingerprint density at radius 1 is 1.04 bits per heavy atom. The molecule has 26 heavy (non-hydrogen) atoms. The van der Waals surface area contributed by atoms with E-state index in [1.807, 2.05) is 0 Å². The van der Waals surface area contributed by atoms with Crippen molar-refractivity contribution in [3.05, 3.63) is 0 Å². The van der Waals surface area contributed by atoms with Gasteiger partial charge in [-0.1, -0.05) is 0 Å². The van der Waals surface area contributed by atoms with Gasteiger partial charge in [0, 0.05) is 37.6 Å². The van der Waals surface area contributed by atoms with Gasteiger partial charge in [0.2, 0.25) is 10.0 Å². The second-order valence-corrected chi connectivity index (χ2v) is 10.6. The van der Waals surface area contributed by atoms with Crippen LogP contribution in [0.1, 0.15) is 38.5 Å². The number of nitrogens with two attached hydrogens (primary N) is 1. The van der Waals surface area contributed by atoms with Gasteiger partial charge in [0.25, 0.3) is 0 Å². The maximum absolute atomic E-state index is 12.9. The minimum atomic E-state index is -4.09. The molecule has 4 fully saturated rings. The van der Waals surface area contributed by atoms with Crippen LogP contribution in [-0.4, -0.2) is 67.3 Å². The highest BCUT2D eigenvalue weighted by atomic mass is 32.2. The Balaban J connectivity index is 1.26. The molecule has 6 atom stereocenters. The Kier molecular flexibility index (Phi) is 4.81. The molecule has 9 heteroatoms. The average Bonchev–Trinajstić information content (AvgIpc) is 2.86. The summed E-state index contributed by atoms with van der Waals surface area (Å²) < 4.78 is 64.3. The van der Waals surface area contributed by atoms with E-state index in [1.54, 1.807) is 4.31 Å². The largest absolute Gasteiger partial charge is 0.389 e. The molecular formula is C17H28F3N3O2S. The number of sulfonamides is 1. The maximum Gasteiger partial charge on any atom is 0.389 e. The minimum Gasteiger partial charge on any atom is -0.328 e. The Hall–Kier alpha value is -0.380. The molecule has 0 radical (unpaired) electrons. The summed E-state index contributed by atoms with van der Waals surface area (Å²) in [4.78, 5) is 2.06. The molecule has 0 aromatic carbocycles. The summed E-state index contributed by atoms with van der Waals surface area (Å²) in [5, 5.41) is 0. The first kappa shape index (κ1) is 19.0. The normalized spacial score (nSPS) is 40.8. The van der Waals surface area contributed by atoms with Gasteiger partial charge >= 0.3 is 6.18 Å². The van der Waals surface area contributed by atoms with Crippen molar-refractivity contribution in [2.45, 2.75) is 62.8 Å². The number of hydrogen-bond acceptors (Lipinski definition) is 4. The van der Waals surface area contributed by atoms with Crippen molar-refractivity contribution in [3.63, 3.8) is 0 Å². The van der Waals surface area contributed by atoms with E-state index < -0.39 is 22.6 Å². The number of likely N-dealkylation sites (tertiary alicyclic amines) is 1. The van der Waals surface area contributed by atoms with Gasteiger partial charge in [-0.05, 0) is 56.4 Å². The molecule has 0 aromatic rings. The van der Waals surface area contributed by atoms with Crippen molar-refractivity contribution in [1.29, 1.82) is 0 Å². The second-order valence-electron chi connectivity index (χ2n) is 8.69. The Bertz CT molecular complexity index is 616. The third-order valence-electron chi connectivity index (χ3n) is 6.81. The SMILES string of the molecule is NC1C[C@H]2CC[C@@H](C1)N2S(=O)(=O)CC1[C@H]2CN(CCCC(F)(F)F)C[C@@H]12. The molecule has 4 rings (SSSR count). The number of rotatable bonds is 6. The fourth-order valence-electron chi connectivity index (χ4n) is 5.63. The highest BCUT2D eigenvalue weighted by molar-refractivity contribution is 7.89. The fraction of sp³-hybridized carbons (Fsp3) is 1.00. The first-order chi connectivity index (χ1) is 12.1. The second kappa shape index (κ2) is 6.60. The third kappa shape index (κ3) is 3.77. The van der Waals surface area contributed by atoms with Crippen LogP contribution in [0.15, 0.2) is 0 Å². The van der Waals surface area contributed by atoms with Gasteiger partial charge < -0.3 is 10.6 Å². The zero-order valence-corrected chi connectivity index (χ0v) is 15.7. The van der Waals surface area contributed by atoms with Crippen LogP contribution >= 0.6 is 0 Å². The van der Waals surface area contributed by atoms with Crippen LogP contribution in [-0.2, 0) is 10.0 Å². The summed E-state index contributed by atoms with van der Waals surface area (Å²) in [7, 11) is -3.26. The molecule has 2 unspecified atom stereocenters. The van der Waals surface area contributed by atoms with E-state index >= 15 is 0 Å². The van der Waals surface area contributed by atoms with Crippen LogP contribution in [0.5, 0.6) is 0 Å². The number of halogens is 3. The van der Waals surface area contributed by atoms with Crippen molar-refractivity contribution >= 4 is 10.0 Å². The lowest BCUT2D eigenvalue weighted by Crippen LogP contribution is -2.51. The summed E-state index contributed by atoms with van der Waals surface area (Å²) in [5.74, 6) is 1.09. The molecule has 0 aromatic heterocycles. The van der Waals surface area contributed by atoms with E-state index in [0.29, 0.717) is 18.4 Å². The lowest BCUT2D eigenvalue weighted by atomic mass is 10.0. The highest BCUT2D eigenvalue weighted by Gasteiger charge is 2.58. The average molecular weight is 395 g/mol. The van der Waals surface area contributed by atoms with Crippen LogP contribution in [0, 0.1) is 17.8 Å². The zero-order valence-electron chi connectivity index (χ0n) is 14.9. The molecule has 4 aliphatic rings. The van der Waals surface area contributed by atoms with Crippen LogP contribution in [0.4, 0.5) is 13.2 Å². The van der Waals surface area contributed by atoms with Crippen LogP contribution in [0.25, 0.3) is 0 Å². The standard InChI is InChI=1S/C17H28F3N3O2S/c18-17(19,20)4-1-5-22-8-14-15(9-22)16(14)10-26(24,25)23-12-2-3-13(23)7-11(21)6-12/h11-16H,1-10,21H2/t11?,12-,13+,14-,15+,16?. The molecule has 0 amide bonds. The molecule has 5 nitrogen and oxygen atoms in total. The molecule has 1 aliphatic carbocycles. The molecule has 2 N–H and O–H groups in total. The van der Waals surface area contributed by atoms with E-state index in [1.165, 1.54) is 0 Å². The van der Waals surface area contributed by atoms with Crippen molar-refractivity contribution in [2.75, 3.05) is 25.4 Å². The topological polar surface area (TPSA) is 66.6 Å². The molecule has 1 saturated carbocycles. The van der Waals surface area contributed by atoms with Gasteiger partial charge in [0.1, 0.15) is 0 Å². The van der Waals surface area contributed by atoms with Crippen LogP contribution in [0.3, 0.4) is 0 Å². The molecular weight excluding hydrogens is 367 g/mol. The minimum absolute atomic E-state index is 0.0752. The quantitative estimate of drug-likeness (QED) is 0.745. The Morgan fingerprint density at radius 3 is 2.15 bits per heavy atom. The molecule has 0 spiro atoms. The highest BCUT2D eigenvalue weighted by Crippen LogP contribution is 2.53. The zero-order chi connectivity index (χ0) is 18.7.